The number of carboxylic acid groups (broad SMARTS) is 1. The molecule has 1 N–H and O–H groups in total. The van der Waals surface area contributed by atoms with Gasteiger partial charge in [-0.15, -0.1) is 0 Å². The summed E-state index contributed by atoms with van der Waals surface area (Å²) >= 11 is 0. The predicted molar refractivity (Wildman–Crippen MR) is 137 cm³/mol. The Morgan fingerprint density at radius 2 is 1.97 bits per heavy atom. The maximum atomic E-state index is 14.5. The van der Waals surface area contributed by atoms with Crippen LogP contribution >= 0.6 is 0 Å². The molecule has 1 saturated heterocycles. The molecule has 0 spiro atoms. The number of hydrogen-bond donors (Lipinski definition) is 1. The Kier molecular flexibility index (Phi) is 6.85. The van der Waals surface area contributed by atoms with Crippen LogP contribution in [0.25, 0.3) is 11.0 Å². The van der Waals surface area contributed by atoms with E-state index in [4.69, 9.17) is 14.5 Å². The summed E-state index contributed by atoms with van der Waals surface area (Å²) in [5.74, 6) is -4.55. The number of fused-ring (bicyclic) bond motifs is 3. The van der Waals surface area contributed by atoms with Crippen LogP contribution in [0.5, 0.6) is 0 Å². The van der Waals surface area contributed by atoms with Crippen molar-refractivity contribution in [1.29, 1.82) is 0 Å². The van der Waals surface area contributed by atoms with Crippen LogP contribution in [-0.2, 0) is 27.1 Å². The lowest BCUT2D eigenvalue weighted by Crippen LogP contribution is -2.42. The maximum Gasteiger partial charge on any atom is 0.414 e. The monoisotopic (exact) mass is 527 g/mol. The average molecular weight is 528 g/mol. The summed E-state index contributed by atoms with van der Waals surface area (Å²) in [7, 11) is 1.33. The van der Waals surface area contributed by atoms with Crippen molar-refractivity contribution in [3.63, 3.8) is 0 Å². The highest BCUT2D eigenvalue weighted by Crippen LogP contribution is 2.40. The van der Waals surface area contributed by atoms with E-state index in [-0.39, 0.29) is 19.1 Å². The molecule has 3 aromatic rings. The first-order valence-corrected chi connectivity index (χ1v) is 12.7. The summed E-state index contributed by atoms with van der Waals surface area (Å²) in [6.07, 6.45) is 0.407. The first-order valence-electron chi connectivity index (χ1n) is 12.7. The first kappa shape index (κ1) is 26.1. The fourth-order valence-corrected chi connectivity index (χ4v) is 5.68. The molecule has 2 aromatic carbocycles. The summed E-state index contributed by atoms with van der Waals surface area (Å²) in [6, 6.07) is 10.0. The van der Waals surface area contributed by atoms with E-state index in [0.717, 1.165) is 11.1 Å². The Labute approximate surface area is 219 Å². The van der Waals surface area contributed by atoms with E-state index < -0.39 is 43.0 Å². The topological polar surface area (TPSA) is 93.9 Å². The highest BCUT2D eigenvalue weighted by Gasteiger charge is 2.40. The van der Waals surface area contributed by atoms with Crippen LogP contribution in [-0.4, -0.2) is 59.0 Å². The summed E-state index contributed by atoms with van der Waals surface area (Å²) < 4.78 is 40.9. The Hall–Kier alpha value is -3.53. The lowest BCUT2D eigenvalue weighted by molar-refractivity contribution is -0.139. The fraction of sp³-hybridized carbons (Fsp3) is 0.464. The third-order valence-corrected chi connectivity index (χ3v) is 7.59. The molecule has 0 saturated carbocycles. The van der Waals surface area contributed by atoms with Crippen LogP contribution in [0.15, 0.2) is 36.4 Å². The minimum atomic E-state index is -3.01. The molecular weight excluding hydrogens is 496 g/mol. The number of benzene rings is 2. The van der Waals surface area contributed by atoms with Gasteiger partial charge in [-0.1, -0.05) is 29.8 Å². The second-order valence-corrected chi connectivity index (χ2v) is 10.3. The number of carbonyl (C=O) groups is 2. The van der Waals surface area contributed by atoms with E-state index >= 15 is 0 Å². The number of nitrogens with zero attached hydrogens (tertiary/aromatic N) is 3. The number of aryl methyl sites for hydroxylation is 2. The third kappa shape index (κ3) is 4.73. The van der Waals surface area contributed by atoms with Crippen molar-refractivity contribution in [2.24, 2.45) is 0 Å². The molecule has 10 heteroatoms. The molecular formula is C28H31F2N3O5. The molecule has 38 heavy (non-hydrogen) atoms. The van der Waals surface area contributed by atoms with E-state index in [2.05, 4.69) is 0 Å². The van der Waals surface area contributed by atoms with Gasteiger partial charge in [0.05, 0.1) is 42.4 Å². The molecule has 0 unspecified atom stereocenters. The highest BCUT2D eigenvalue weighted by molar-refractivity contribution is 5.95. The van der Waals surface area contributed by atoms with E-state index in [0.29, 0.717) is 41.0 Å². The molecule has 0 bridgehead atoms. The maximum absolute atomic E-state index is 14.5. The number of rotatable bonds is 5. The number of anilines is 1. The van der Waals surface area contributed by atoms with Crippen LogP contribution in [0.3, 0.4) is 0 Å². The predicted octanol–water partition coefficient (Wildman–Crippen LogP) is 5.26. The Morgan fingerprint density at radius 3 is 2.63 bits per heavy atom. The van der Waals surface area contributed by atoms with Gasteiger partial charge >= 0.3 is 12.1 Å². The van der Waals surface area contributed by atoms with Gasteiger partial charge in [0.2, 0.25) is 0 Å². The number of carboxylic acids is 1. The quantitative estimate of drug-likeness (QED) is 0.487. The summed E-state index contributed by atoms with van der Waals surface area (Å²) in [5, 5.41) is 10.1. The summed E-state index contributed by atoms with van der Waals surface area (Å²) in [5.41, 5.74) is 4.30. The van der Waals surface area contributed by atoms with Gasteiger partial charge in [0.25, 0.3) is 5.92 Å². The second kappa shape index (κ2) is 9.98. The van der Waals surface area contributed by atoms with Crippen LogP contribution < -0.4 is 4.90 Å². The zero-order valence-electron chi connectivity index (χ0n) is 21.6. The molecule has 2 aliphatic heterocycles. The van der Waals surface area contributed by atoms with Crippen molar-refractivity contribution >= 4 is 28.8 Å². The van der Waals surface area contributed by atoms with E-state index in [1.54, 1.807) is 33.7 Å². The van der Waals surface area contributed by atoms with Gasteiger partial charge in [0, 0.05) is 24.4 Å². The van der Waals surface area contributed by atoms with E-state index in [1.807, 2.05) is 26.0 Å². The number of alkyl halides is 2. The number of aliphatic carboxylic acids is 1. The molecule has 3 atom stereocenters. The van der Waals surface area contributed by atoms with Crippen molar-refractivity contribution in [1.82, 2.24) is 9.55 Å². The zero-order valence-corrected chi connectivity index (χ0v) is 21.6. The van der Waals surface area contributed by atoms with Gasteiger partial charge in [-0.3, -0.25) is 9.69 Å². The molecule has 1 aromatic heterocycles. The first-order chi connectivity index (χ1) is 18.1. The lowest BCUT2D eigenvalue weighted by Gasteiger charge is -2.34. The van der Waals surface area contributed by atoms with Crippen LogP contribution in [0.1, 0.15) is 54.2 Å². The molecule has 1 amide bonds. The molecule has 2 aliphatic rings. The largest absolute Gasteiger partial charge is 0.481 e. The van der Waals surface area contributed by atoms with Crippen molar-refractivity contribution < 1.29 is 33.0 Å². The third-order valence-electron chi connectivity index (χ3n) is 7.59. The van der Waals surface area contributed by atoms with Gasteiger partial charge in [0.1, 0.15) is 12.4 Å². The van der Waals surface area contributed by atoms with Gasteiger partial charge < -0.3 is 19.1 Å². The SMILES string of the molecule is COC(=O)N1c2ccc3c(nc(C[C@@H](C(=O)O)c4ccc(C)cc4)n3[C@H]3COCC(F)(F)C3)c2CC[C@@H]1C. The number of ether oxygens (including phenoxy) is 2. The van der Waals surface area contributed by atoms with E-state index in [1.165, 1.54) is 7.11 Å². The van der Waals surface area contributed by atoms with Crippen LogP contribution in [0.4, 0.5) is 19.3 Å². The number of amides is 1. The number of halogens is 2. The smallest absolute Gasteiger partial charge is 0.414 e. The minimum Gasteiger partial charge on any atom is -0.481 e. The number of hydrogen-bond acceptors (Lipinski definition) is 5. The molecule has 202 valence electrons. The van der Waals surface area contributed by atoms with Gasteiger partial charge in [-0.25, -0.2) is 18.6 Å². The molecule has 8 nitrogen and oxygen atoms in total. The lowest BCUT2D eigenvalue weighted by atomic mass is 9.94. The van der Waals surface area contributed by atoms with Gasteiger partial charge in [-0.05, 0) is 44.4 Å². The fourth-order valence-electron chi connectivity index (χ4n) is 5.68. The molecule has 1 fully saturated rings. The average Bonchev–Trinajstić information content (AvgIpc) is 3.25. The molecule has 0 radical (unpaired) electrons. The standard InChI is InChI=1S/C28H31F2N3O5/c1-16-4-7-18(8-5-16)21(26(34)35)12-24-31-25-20-9-6-17(2)32(27(36)37-3)22(20)10-11-23(25)33(24)19-13-28(29,30)15-38-14-19/h4-5,7-8,10-11,17,19,21H,6,9,12-15H2,1-3H3,(H,34,35)/t17-,19+,21+/m0/s1. The second-order valence-electron chi connectivity index (χ2n) is 10.3. The van der Waals surface area contributed by atoms with Gasteiger partial charge in [0.15, 0.2) is 0 Å². The zero-order chi connectivity index (χ0) is 27.2. The molecule has 3 heterocycles. The summed E-state index contributed by atoms with van der Waals surface area (Å²) in [4.78, 5) is 31.4. The van der Waals surface area contributed by atoms with Crippen molar-refractivity contribution in [2.75, 3.05) is 25.2 Å². The number of imidazole rings is 1. The summed E-state index contributed by atoms with van der Waals surface area (Å²) in [6.45, 7) is 3.28. The Balaban J connectivity index is 1.66. The van der Waals surface area contributed by atoms with Crippen molar-refractivity contribution in [2.45, 2.75) is 63.5 Å². The number of methoxy groups -OCH3 is 1. The van der Waals surface area contributed by atoms with Crippen molar-refractivity contribution in [3.05, 3.63) is 58.9 Å². The van der Waals surface area contributed by atoms with Crippen LogP contribution in [0, 0.1) is 6.92 Å². The minimum absolute atomic E-state index is 0.0149. The van der Waals surface area contributed by atoms with Crippen molar-refractivity contribution in [3.8, 4) is 0 Å². The normalized spacial score (nSPS) is 21.7. The Morgan fingerprint density at radius 1 is 1.24 bits per heavy atom. The Bertz CT molecular complexity index is 1370. The highest BCUT2D eigenvalue weighted by atomic mass is 19.3. The molecule has 5 rings (SSSR count). The molecule has 0 aliphatic carbocycles. The number of carbonyl (C=O) groups excluding carboxylic acids is 1. The van der Waals surface area contributed by atoms with Crippen LogP contribution in [0.2, 0.25) is 0 Å². The van der Waals surface area contributed by atoms with Gasteiger partial charge in [-0.2, -0.15) is 0 Å². The van der Waals surface area contributed by atoms with E-state index in [9.17, 15) is 23.5 Å². The number of aromatic nitrogens is 2.